The van der Waals surface area contributed by atoms with E-state index in [2.05, 4.69) is 21.2 Å². The van der Waals surface area contributed by atoms with Gasteiger partial charge in [0.05, 0.1) is 16.4 Å². The van der Waals surface area contributed by atoms with Gasteiger partial charge in [-0.3, -0.25) is 9.59 Å². The minimum Gasteiger partial charge on any atom is -0.480 e. The van der Waals surface area contributed by atoms with Crippen LogP contribution in [0.2, 0.25) is 0 Å². The molecule has 0 bridgehead atoms. The van der Waals surface area contributed by atoms with E-state index in [1.54, 1.807) is 12.1 Å². The van der Waals surface area contributed by atoms with Gasteiger partial charge in [-0.25, -0.2) is 4.79 Å². The third-order valence-corrected chi connectivity index (χ3v) is 5.68. The lowest BCUT2D eigenvalue weighted by atomic mass is 10.0. The van der Waals surface area contributed by atoms with E-state index in [1.807, 2.05) is 19.9 Å². The quantitative estimate of drug-likeness (QED) is 0.724. The van der Waals surface area contributed by atoms with Crippen molar-refractivity contribution in [1.82, 2.24) is 4.90 Å². The molecule has 132 valence electrons. The standard InChI is InChI=1S/C17H17BrN2O4S/c1-8(2)5-12(17(23)24)20-7-25-14(16(20)22)13-10-6-9(18)3-4-11(10)19-15(13)21/h3-4,6,8,12H,5,7H2,1-2H3,(H,19,21)(H,23,24)/b14-13-/t12-/m0/s1. The van der Waals surface area contributed by atoms with Gasteiger partial charge in [-0.15, -0.1) is 0 Å². The lowest BCUT2D eigenvalue weighted by Crippen LogP contribution is -2.43. The van der Waals surface area contributed by atoms with Gasteiger partial charge in [0.2, 0.25) is 0 Å². The summed E-state index contributed by atoms with van der Waals surface area (Å²) >= 11 is 4.59. The van der Waals surface area contributed by atoms with Crippen molar-refractivity contribution in [3.63, 3.8) is 0 Å². The molecule has 1 atom stereocenters. The number of fused-ring (bicyclic) bond motifs is 1. The van der Waals surface area contributed by atoms with Crippen LogP contribution >= 0.6 is 27.7 Å². The number of hydrogen-bond acceptors (Lipinski definition) is 4. The van der Waals surface area contributed by atoms with E-state index >= 15 is 0 Å². The number of anilines is 1. The normalized spacial score (nSPS) is 20.9. The summed E-state index contributed by atoms with van der Waals surface area (Å²) in [5, 5.41) is 12.2. The Hall–Kier alpha value is -1.80. The highest BCUT2D eigenvalue weighted by atomic mass is 79.9. The number of carbonyl (C=O) groups excluding carboxylic acids is 2. The maximum Gasteiger partial charge on any atom is 0.326 e. The summed E-state index contributed by atoms with van der Waals surface area (Å²) in [7, 11) is 0. The summed E-state index contributed by atoms with van der Waals surface area (Å²) in [5.41, 5.74) is 1.63. The maximum absolute atomic E-state index is 12.9. The van der Waals surface area contributed by atoms with Crippen molar-refractivity contribution < 1.29 is 19.5 Å². The molecule has 0 aliphatic carbocycles. The number of rotatable bonds is 4. The number of carboxylic acid groups (broad SMARTS) is 1. The average molecular weight is 425 g/mol. The molecule has 0 saturated carbocycles. The molecule has 1 aromatic rings. The van der Waals surface area contributed by atoms with Crippen LogP contribution in [0, 0.1) is 5.92 Å². The fourth-order valence-electron chi connectivity index (χ4n) is 2.97. The van der Waals surface area contributed by atoms with E-state index in [-0.39, 0.29) is 17.7 Å². The number of nitrogens with one attached hydrogen (secondary N) is 1. The van der Waals surface area contributed by atoms with Crippen molar-refractivity contribution >= 4 is 56.7 Å². The number of benzene rings is 1. The Bertz CT molecular complexity index is 806. The number of hydrogen-bond donors (Lipinski definition) is 2. The molecule has 3 rings (SSSR count). The lowest BCUT2D eigenvalue weighted by Gasteiger charge is -2.24. The highest BCUT2D eigenvalue weighted by Crippen LogP contribution is 2.42. The first kappa shape index (κ1) is 18.0. The van der Waals surface area contributed by atoms with Gasteiger partial charge in [0.15, 0.2) is 0 Å². The van der Waals surface area contributed by atoms with E-state index in [0.29, 0.717) is 28.1 Å². The van der Waals surface area contributed by atoms with Crippen LogP contribution in [0.5, 0.6) is 0 Å². The van der Waals surface area contributed by atoms with Crippen molar-refractivity contribution in [2.45, 2.75) is 26.3 Å². The highest BCUT2D eigenvalue weighted by Gasteiger charge is 2.41. The molecular formula is C17H17BrN2O4S. The van der Waals surface area contributed by atoms with Crippen LogP contribution in [-0.2, 0) is 14.4 Å². The Morgan fingerprint density at radius 3 is 2.76 bits per heavy atom. The van der Waals surface area contributed by atoms with Gasteiger partial charge in [-0.05, 0) is 30.5 Å². The van der Waals surface area contributed by atoms with Gasteiger partial charge >= 0.3 is 5.97 Å². The predicted molar refractivity (Wildman–Crippen MR) is 99.9 cm³/mol. The third-order valence-electron chi connectivity index (χ3n) is 4.11. The zero-order chi connectivity index (χ0) is 18.3. The number of amides is 2. The Morgan fingerprint density at radius 1 is 1.40 bits per heavy atom. The first-order valence-corrected chi connectivity index (χ1v) is 9.59. The van der Waals surface area contributed by atoms with Crippen LogP contribution < -0.4 is 5.32 Å². The first-order chi connectivity index (χ1) is 11.8. The van der Waals surface area contributed by atoms with Gasteiger partial charge in [0.25, 0.3) is 11.8 Å². The molecule has 8 heteroatoms. The molecule has 0 aromatic heterocycles. The molecule has 2 aliphatic heterocycles. The Balaban J connectivity index is 1.99. The van der Waals surface area contributed by atoms with Crippen LogP contribution in [0.1, 0.15) is 25.8 Å². The van der Waals surface area contributed by atoms with Crippen molar-refractivity contribution in [2.75, 3.05) is 11.2 Å². The zero-order valence-electron chi connectivity index (χ0n) is 13.7. The molecule has 0 unspecified atom stereocenters. The monoisotopic (exact) mass is 424 g/mol. The zero-order valence-corrected chi connectivity index (χ0v) is 16.1. The molecule has 6 nitrogen and oxygen atoms in total. The summed E-state index contributed by atoms with van der Waals surface area (Å²) in [6, 6.07) is 4.48. The molecule has 0 spiro atoms. The second-order valence-corrected chi connectivity index (χ2v) is 8.25. The summed E-state index contributed by atoms with van der Waals surface area (Å²) in [5.74, 6) is -1.37. The number of aliphatic carboxylic acids is 1. The number of carbonyl (C=O) groups is 3. The van der Waals surface area contributed by atoms with E-state index in [0.717, 1.165) is 4.47 Å². The molecule has 1 fully saturated rings. The van der Waals surface area contributed by atoms with Crippen LogP contribution in [0.4, 0.5) is 5.69 Å². The number of nitrogens with zero attached hydrogens (tertiary/aromatic N) is 1. The predicted octanol–water partition coefficient (Wildman–Crippen LogP) is 3.14. The SMILES string of the molecule is CC(C)C[C@@H](C(=O)O)N1CS/C(=C2\C(=O)Nc3ccc(Br)cc32)C1=O. The molecule has 2 amide bonds. The second-order valence-electron chi connectivity index (χ2n) is 6.38. The first-order valence-electron chi connectivity index (χ1n) is 7.81. The van der Waals surface area contributed by atoms with Crippen molar-refractivity contribution in [1.29, 1.82) is 0 Å². The smallest absolute Gasteiger partial charge is 0.326 e. The Morgan fingerprint density at radius 2 is 2.12 bits per heavy atom. The van der Waals surface area contributed by atoms with Crippen molar-refractivity contribution in [3.05, 3.63) is 33.1 Å². The molecule has 2 N–H and O–H groups in total. The van der Waals surface area contributed by atoms with Crippen LogP contribution in [0.15, 0.2) is 27.6 Å². The number of carboxylic acids is 1. The topological polar surface area (TPSA) is 86.7 Å². The second kappa shape index (κ2) is 6.84. The fraction of sp³-hybridized carbons (Fsp3) is 0.353. The van der Waals surface area contributed by atoms with Gasteiger partial charge in [0.1, 0.15) is 6.04 Å². The number of thioether (sulfide) groups is 1. The summed E-state index contributed by atoms with van der Waals surface area (Å²) in [6.45, 7) is 3.84. The van der Waals surface area contributed by atoms with Gasteiger partial charge < -0.3 is 15.3 Å². The van der Waals surface area contributed by atoms with E-state index in [1.165, 1.54) is 16.7 Å². The third kappa shape index (κ3) is 3.32. The Labute approximate surface area is 157 Å². The van der Waals surface area contributed by atoms with Gasteiger partial charge in [0, 0.05) is 15.7 Å². The van der Waals surface area contributed by atoms with Crippen LogP contribution in [0.3, 0.4) is 0 Å². The molecule has 1 aromatic carbocycles. The molecule has 25 heavy (non-hydrogen) atoms. The average Bonchev–Trinajstić information content (AvgIpc) is 3.03. The highest BCUT2D eigenvalue weighted by molar-refractivity contribution is 9.10. The maximum atomic E-state index is 12.9. The number of halogens is 1. The van der Waals surface area contributed by atoms with Crippen LogP contribution in [-0.4, -0.2) is 39.7 Å². The molecule has 0 radical (unpaired) electrons. The van der Waals surface area contributed by atoms with E-state index in [4.69, 9.17) is 0 Å². The summed E-state index contributed by atoms with van der Waals surface area (Å²) in [6.07, 6.45) is 0.374. The summed E-state index contributed by atoms with van der Waals surface area (Å²) < 4.78 is 0.802. The molecular weight excluding hydrogens is 408 g/mol. The minimum absolute atomic E-state index is 0.141. The lowest BCUT2D eigenvalue weighted by molar-refractivity contribution is -0.148. The largest absolute Gasteiger partial charge is 0.480 e. The van der Waals surface area contributed by atoms with Crippen molar-refractivity contribution in [3.8, 4) is 0 Å². The van der Waals surface area contributed by atoms with E-state index in [9.17, 15) is 19.5 Å². The fourth-order valence-corrected chi connectivity index (χ4v) is 4.48. The van der Waals surface area contributed by atoms with Crippen LogP contribution in [0.25, 0.3) is 5.57 Å². The molecule has 1 saturated heterocycles. The summed E-state index contributed by atoms with van der Waals surface area (Å²) in [4.78, 5) is 38.5. The molecule has 2 aliphatic rings. The van der Waals surface area contributed by atoms with Gasteiger partial charge in [-0.1, -0.05) is 41.5 Å². The van der Waals surface area contributed by atoms with Gasteiger partial charge in [-0.2, -0.15) is 0 Å². The minimum atomic E-state index is -1.02. The van der Waals surface area contributed by atoms with Crippen molar-refractivity contribution in [2.24, 2.45) is 5.92 Å². The van der Waals surface area contributed by atoms with E-state index < -0.39 is 17.9 Å². The molecule has 2 heterocycles. The Kier molecular flexibility index (Phi) is 4.92.